The summed E-state index contributed by atoms with van der Waals surface area (Å²) in [6, 6.07) is 11.8. The van der Waals surface area contributed by atoms with E-state index in [1.165, 1.54) is 76.3 Å². The van der Waals surface area contributed by atoms with Gasteiger partial charge in [-0.2, -0.15) is 8.78 Å². The Hall–Kier alpha value is -1.97. The van der Waals surface area contributed by atoms with Gasteiger partial charge in [0.1, 0.15) is 11.6 Å². The van der Waals surface area contributed by atoms with Crippen LogP contribution in [0.2, 0.25) is 0 Å². The summed E-state index contributed by atoms with van der Waals surface area (Å²) in [5.41, 5.74) is 2.27. The Morgan fingerprint density at radius 1 is 0.879 bits per heavy atom. The Kier molecular flexibility index (Phi) is 8.38. The van der Waals surface area contributed by atoms with Crippen molar-refractivity contribution < 1.29 is 17.9 Å². The fraction of sp³-hybridized carbons (Fsp3) is 0.586. The van der Waals surface area contributed by atoms with E-state index in [2.05, 4.69) is 17.7 Å². The monoisotopic (exact) mass is 458 g/mol. The van der Waals surface area contributed by atoms with E-state index in [0.717, 1.165) is 29.7 Å². The highest BCUT2D eigenvalue weighted by Gasteiger charge is 2.35. The zero-order valence-electron chi connectivity index (χ0n) is 19.7. The SMILES string of the molecule is CCCCCCC1CCC2CC(c3ccc(-c4ccc(OC(F)F)cc4)c(F)c3)CCC2C1. The molecule has 2 aromatic rings. The lowest BCUT2D eigenvalue weighted by molar-refractivity contribution is -0.0498. The lowest BCUT2D eigenvalue weighted by Gasteiger charge is -2.42. The number of benzene rings is 2. The van der Waals surface area contributed by atoms with Crippen LogP contribution in [0.25, 0.3) is 11.1 Å². The first-order chi connectivity index (χ1) is 16.0. The van der Waals surface area contributed by atoms with Crippen molar-refractivity contribution in [2.24, 2.45) is 17.8 Å². The fourth-order valence-corrected chi connectivity index (χ4v) is 6.25. The van der Waals surface area contributed by atoms with Crippen molar-refractivity contribution >= 4 is 0 Å². The summed E-state index contributed by atoms with van der Waals surface area (Å²) in [7, 11) is 0. The Balaban J connectivity index is 1.34. The van der Waals surface area contributed by atoms with Gasteiger partial charge in [-0.1, -0.05) is 69.7 Å². The normalized spacial score (nSPS) is 25.1. The molecule has 4 rings (SSSR count). The van der Waals surface area contributed by atoms with Crippen LogP contribution in [0.15, 0.2) is 42.5 Å². The molecule has 4 heteroatoms. The summed E-state index contributed by atoms with van der Waals surface area (Å²) in [6.45, 7) is -0.586. The Morgan fingerprint density at radius 2 is 1.64 bits per heavy atom. The van der Waals surface area contributed by atoms with Crippen molar-refractivity contribution in [1.82, 2.24) is 0 Å². The van der Waals surface area contributed by atoms with Gasteiger partial charge in [0.2, 0.25) is 0 Å². The molecule has 0 heterocycles. The summed E-state index contributed by atoms with van der Waals surface area (Å²) >= 11 is 0. The van der Waals surface area contributed by atoms with E-state index in [4.69, 9.17) is 0 Å². The average Bonchev–Trinajstić information content (AvgIpc) is 2.82. The van der Waals surface area contributed by atoms with E-state index in [9.17, 15) is 8.78 Å². The average molecular weight is 459 g/mol. The Morgan fingerprint density at radius 3 is 2.36 bits per heavy atom. The second-order valence-corrected chi connectivity index (χ2v) is 10.2. The van der Waals surface area contributed by atoms with Gasteiger partial charge < -0.3 is 4.74 Å². The quantitative estimate of drug-likeness (QED) is 0.340. The molecule has 0 amide bonds. The molecular weight excluding hydrogens is 421 g/mol. The Bertz CT molecular complexity index is 879. The highest BCUT2D eigenvalue weighted by molar-refractivity contribution is 5.65. The minimum absolute atomic E-state index is 0.0817. The van der Waals surface area contributed by atoms with E-state index >= 15 is 4.39 Å². The van der Waals surface area contributed by atoms with E-state index < -0.39 is 6.61 Å². The summed E-state index contributed by atoms with van der Waals surface area (Å²) < 4.78 is 44.1. The zero-order chi connectivity index (χ0) is 23.2. The lowest BCUT2D eigenvalue weighted by atomic mass is 9.63. The van der Waals surface area contributed by atoms with Crippen molar-refractivity contribution in [1.29, 1.82) is 0 Å². The number of alkyl halides is 2. The Labute approximate surface area is 196 Å². The van der Waals surface area contributed by atoms with Crippen LogP contribution in [0.1, 0.15) is 89.0 Å². The molecule has 180 valence electrons. The molecule has 0 radical (unpaired) electrons. The molecule has 2 fully saturated rings. The molecule has 4 atom stereocenters. The molecule has 2 saturated carbocycles. The molecule has 0 aliphatic heterocycles. The first-order valence-electron chi connectivity index (χ1n) is 12.9. The van der Waals surface area contributed by atoms with Crippen LogP contribution in [-0.4, -0.2) is 6.61 Å². The van der Waals surface area contributed by atoms with Crippen LogP contribution in [0.4, 0.5) is 13.2 Å². The molecule has 4 unspecified atom stereocenters. The molecule has 0 N–H and O–H groups in total. The summed E-state index contributed by atoms with van der Waals surface area (Å²) in [6.07, 6.45) is 14.6. The molecule has 1 nitrogen and oxygen atoms in total. The largest absolute Gasteiger partial charge is 0.435 e. The van der Waals surface area contributed by atoms with Gasteiger partial charge in [0.15, 0.2) is 0 Å². The molecule has 0 aromatic heterocycles. The standard InChI is InChI=1S/C29H37F3O/c1-2-3-4-5-6-20-7-8-23-18-24(10-9-22(23)17-20)25-13-16-27(28(30)19-25)21-11-14-26(15-12-21)33-29(31)32/h11-16,19-20,22-24,29H,2-10,17-18H2,1H3. The first kappa shape index (κ1) is 24.2. The maximum atomic E-state index is 15.0. The summed E-state index contributed by atoms with van der Waals surface area (Å²) in [5.74, 6) is 2.86. The van der Waals surface area contributed by atoms with Gasteiger partial charge in [0, 0.05) is 5.56 Å². The number of hydrogen-bond donors (Lipinski definition) is 0. The third kappa shape index (κ3) is 6.33. The molecule has 2 aliphatic carbocycles. The van der Waals surface area contributed by atoms with Crippen molar-refractivity contribution in [2.75, 3.05) is 0 Å². The van der Waals surface area contributed by atoms with Gasteiger partial charge in [-0.15, -0.1) is 0 Å². The summed E-state index contributed by atoms with van der Waals surface area (Å²) in [5, 5.41) is 0. The van der Waals surface area contributed by atoms with E-state index in [1.54, 1.807) is 18.2 Å². The van der Waals surface area contributed by atoms with Gasteiger partial charge in [-0.25, -0.2) is 4.39 Å². The smallest absolute Gasteiger partial charge is 0.387 e. The number of rotatable bonds is 9. The van der Waals surface area contributed by atoms with Crippen LogP contribution >= 0.6 is 0 Å². The molecule has 2 aliphatic rings. The van der Waals surface area contributed by atoms with Crippen LogP contribution in [0.3, 0.4) is 0 Å². The van der Waals surface area contributed by atoms with Gasteiger partial charge in [-0.3, -0.25) is 0 Å². The second-order valence-electron chi connectivity index (χ2n) is 10.2. The second kappa shape index (κ2) is 11.4. The minimum Gasteiger partial charge on any atom is -0.435 e. The van der Waals surface area contributed by atoms with Crippen molar-refractivity contribution in [3.63, 3.8) is 0 Å². The molecule has 0 spiro atoms. The van der Waals surface area contributed by atoms with Crippen molar-refractivity contribution in [3.8, 4) is 16.9 Å². The number of fused-ring (bicyclic) bond motifs is 1. The highest BCUT2D eigenvalue weighted by atomic mass is 19.3. The zero-order valence-corrected chi connectivity index (χ0v) is 19.7. The predicted octanol–water partition coefficient (Wildman–Crippen LogP) is 9.36. The van der Waals surface area contributed by atoms with Crippen molar-refractivity contribution in [3.05, 3.63) is 53.8 Å². The summed E-state index contributed by atoms with van der Waals surface area (Å²) in [4.78, 5) is 0. The third-order valence-corrected chi connectivity index (χ3v) is 8.04. The van der Waals surface area contributed by atoms with Crippen molar-refractivity contribution in [2.45, 2.75) is 90.1 Å². The maximum Gasteiger partial charge on any atom is 0.387 e. The minimum atomic E-state index is -2.86. The number of unbranched alkanes of at least 4 members (excludes halogenated alkanes) is 3. The predicted molar refractivity (Wildman–Crippen MR) is 128 cm³/mol. The molecule has 0 saturated heterocycles. The van der Waals surface area contributed by atoms with Gasteiger partial charge in [0.25, 0.3) is 0 Å². The van der Waals surface area contributed by atoms with Crippen LogP contribution < -0.4 is 4.74 Å². The molecule has 2 aromatic carbocycles. The maximum absolute atomic E-state index is 15.0. The number of halogens is 3. The van der Waals surface area contributed by atoms with E-state index in [1.807, 2.05) is 6.07 Å². The fourth-order valence-electron chi connectivity index (χ4n) is 6.25. The third-order valence-electron chi connectivity index (χ3n) is 8.04. The van der Waals surface area contributed by atoms with Crippen LogP contribution in [0, 0.1) is 23.6 Å². The number of ether oxygens (including phenoxy) is 1. The highest BCUT2D eigenvalue weighted by Crippen LogP contribution is 2.48. The van der Waals surface area contributed by atoms with E-state index in [0.29, 0.717) is 17.0 Å². The topological polar surface area (TPSA) is 9.23 Å². The van der Waals surface area contributed by atoms with Gasteiger partial charge >= 0.3 is 6.61 Å². The van der Waals surface area contributed by atoms with Crippen LogP contribution in [-0.2, 0) is 0 Å². The van der Waals surface area contributed by atoms with Gasteiger partial charge in [-0.05, 0) is 85.1 Å². The van der Waals surface area contributed by atoms with E-state index in [-0.39, 0.29) is 11.6 Å². The lowest BCUT2D eigenvalue weighted by Crippen LogP contribution is -2.30. The molecule has 0 bridgehead atoms. The number of hydrogen-bond acceptors (Lipinski definition) is 1. The first-order valence-corrected chi connectivity index (χ1v) is 12.9. The molecule has 33 heavy (non-hydrogen) atoms. The van der Waals surface area contributed by atoms with Crippen LogP contribution in [0.5, 0.6) is 5.75 Å². The molecular formula is C29H37F3O. The van der Waals surface area contributed by atoms with Gasteiger partial charge in [0.05, 0.1) is 0 Å².